The predicted molar refractivity (Wildman–Crippen MR) is 69.8 cm³/mol. The Morgan fingerprint density at radius 1 is 1.41 bits per heavy atom. The average Bonchev–Trinajstić information content (AvgIpc) is 2.98. The maximum absolute atomic E-state index is 5.75. The summed E-state index contributed by atoms with van der Waals surface area (Å²) in [5.74, 6) is 6.31. The van der Waals surface area contributed by atoms with Crippen LogP contribution in [0.5, 0.6) is 0 Å². The van der Waals surface area contributed by atoms with Crippen LogP contribution in [0.4, 0.5) is 0 Å². The lowest BCUT2D eigenvalue weighted by Gasteiger charge is -2.26. The SMILES string of the molecule is NNC(C1CCOC1)C1Cc2ccccc2S1. The molecule has 0 spiro atoms. The molecule has 17 heavy (non-hydrogen) atoms. The van der Waals surface area contributed by atoms with Crippen LogP contribution in [0.1, 0.15) is 12.0 Å². The highest BCUT2D eigenvalue weighted by Gasteiger charge is 2.35. The number of benzene rings is 1. The van der Waals surface area contributed by atoms with E-state index in [1.807, 2.05) is 11.8 Å². The molecule has 2 aliphatic rings. The fraction of sp³-hybridized carbons (Fsp3) is 0.538. The summed E-state index contributed by atoms with van der Waals surface area (Å²) >= 11 is 1.96. The topological polar surface area (TPSA) is 47.3 Å². The van der Waals surface area contributed by atoms with Crippen molar-refractivity contribution in [3.05, 3.63) is 29.8 Å². The van der Waals surface area contributed by atoms with Crippen molar-refractivity contribution in [2.75, 3.05) is 13.2 Å². The van der Waals surface area contributed by atoms with Gasteiger partial charge in [0.05, 0.1) is 6.61 Å². The minimum Gasteiger partial charge on any atom is -0.381 e. The van der Waals surface area contributed by atoms with E-state index in [-0.39, 0.29) is 0 Å². The minimum atomic E-state index is 0.356. The molecule has 3 N–H and O–H groups in total. The quantitative estimate of drug-likeness (QED) is 0.631. The second-order valence-electron chi connectivity index (χ2n) is 4.78. The van der Waals surface area contributed by atoms with Crippen molar-refractivity contribution in [3.63, 3.8) is 0 Å². The van der Waals surface area contributed by atoms with Crippen molar-refractivity contribution >= 4 is 11.8 Å². The Balaban J connectivity index is 1.73. The Hall–Kier alpha value is -0.550. The van der Waals surface area contributed by atoms with Gasteiger partial charge < -0.3 is 4.74 Å². The van der Waals surface area contributed by atoms with Crippen LogP contribution >= 0.6 is 11.8 Å². The van der Waals surface area contributed by atoms with Gasteiger partial charge in [-0.2, -0.15) is 0 Å². The van der Waals surface area contributed by atoms with Gasteiger partial charge in [-0.05, 0) is 24.5 Å². The minimum absolute atomic E-state index is 0.356. The zero-order chi connectivity index (χ0) is 11.7. The van der Waals surface area contributed by atoms with Crippen molar-refractivity contribution in [2.24, 2.45) is 11.8 Å². The Morgan fingerprint density at radius 2 is 2.29 bits per heavy atom. The van der Waals surface area contributed by atoms with Crippen LogP contribution in [-0.4, -0.2) is 24.5 Å². The first-order chi connectivity index (χ1) is 8.38. The lowest BCUT2D eigenvalue weighted by molar-refractivity contribution is 0.176. The van der Waals surface area contributed by atoms with Gasteiger partial charge in [-0.25, -0.2) is 0 Å². The highest BCUT2D eigenvalue weighted by atomic mass is 32.2. The first kappa shape index (κ1) is 11.5. The molecule has 0 radical (unpaired) electrons. The van der Waals surface area contributed by atoms with Gasteiger partial charge in [-0.1, -0.05) is 18.2 Å². The highest BCUT2D eigenvalue weighted by molar-refractivity contribution is 8.00. The number of rotatable bonds is 3. The van der Waals surface area contributed by atoms with Crippen molar-refractivity contribution in [1.82, 2.24) is 5.43 Å². The molecule has 0 bridgehead atoms. The Kier molecular flexibility index (Phi) is 3.38. The third-order valence-corrected chi connectivity index (χ3v) is 5.15. The second-order valence-corrected chi connectivity index (χ2v) is 6.07. The zero-order valence-corrected chi connectivity index (χ0v) is 10.6. The number of nitrogens with one attached hydrogen (secondary N) is 1. The second kappa shape index (κ2) is 4.98. The monoisotopic (exact) mass is 250 g/mol. The maximum atomic E-state index is 5.75. The first-order valence-corrected chi connectivity index (χ1v) is 7.05. The lowest BCUT2D eigenvalue weighted by atomic mass is 9.93. The molecule has 3 atom stereocenters. The standard InChI is InChI=1S/C13H18N2OS/c14-15-13(10-5-6-16-8-10)12-7-9-3-1-2-4-11(9)17-12/h1-4,10,12-13,15H,5-8,14H2. The van der Waals surface area contributed by atoms with Gasteiger partial charge in [0.25, 0.3) is 0 Å². The molecule has 92 valence electrons. The van der Waals surface area contributed by atoms with Crippen LogP contribution in [0, 0.1) is 5.92 Å². The number of hydrazine groups is 1. The van der Waals surface area contributed by atoms with E-state index in [2.05, 4.69) is 29.7 Å². The lowest BCUT2D eigenvalue weighted by Crippen LogP contribution is -2.48. The van der Waals surface area contributed by atoms with Crippen LogP contribution in [-0.2, 0) is 11.2 Å². The first-order valence-electron chi connectivity index (χ1n) is 6.17. The zero-order valence-electron chi connectivity index (χ0n) is 9.76. The molecular weight excluding hydrogens is 232 g/mol. The summed E-state index contributed by atoms with van der Waals surface area (Å²) in [7, 11) is 0. The number of ether oxygens (including phenoxy) is 1. The molecule has 2 aliphatic heterocycles. The molecule has 0 aliphatic carbocycles. The summed E-state index contributed by atoms with van der Waals surface area (Å²) < 4.78 is 5.47. The molecule has 1 aromatic carbocycles. The molecule has 0 aromatic heterocycles. The van der Waals surface area contributed by atoms with Gasteiger partial charge in [-0.15, -0.1) is 11.8 Å². The summed E-state index contributed by atoms with van der Waals surface area (Å²) in [6.07, 6.45) is 2.24. The molecule has 4 heteroatoms. The number of thioether (sulfide) groups is 1. The van der Waals surface area contributed by atoms with Gasteiger partial charge >= 0.3 is 0 Å². The molecule has 1 aromatic rings. The highest BCUT2D eigenvalue weighted by Crippen LogP contribution is 2.40. The van der Waals surface area contributed by atoms with Crippen LogP contribution in [0.15, 0.2) is 29.2 Å². The molecule has 1 fully saturated rings. The van der Waals surface area contributed by atoms with E-state index in [1.54, 1.807) is 0 Å². The summed E-state index contributed by atoms with van der Waals surface area (Å²) in [6, 6.07) is 9.01. The van der Waals surface area contributed by atoms with Gasteiger partial charge in [-0.3, -0.25) is 11.3 Å². The molecule has 3 rings (SSSR count). The van der Waals surface area contributed by atoms with Crippen LogP contribution in [0.25, 0.3) is 0 Å². The summed E-state index contributed by atoms with van der Waals surface area (Å²) in [5, 5.41) is 0.545. The Bertz CT molecular complexity index is 368. The van der Waals surface area contributed by atoms with Crippen LogP contribution < -0.4 is 11.3 Å². The van der Waals surface area contributed by atoms with Crippen molar-refractivity contribution in [2.45, 2.75) is 29.0 Å². The molecule has 3 nitrogen and oxygen atoms in total. The molecular formula is C13H18N2OS. The molecule has 0 amide bonds. The summed E-state index contributed by atoms with van der Waals surface area (Å²) in [6.45, 7) is 1.73. The summed E-state index contributed by atoms with van der Waals surface area (Å²) in [5.41, 5.74) is 4.48. The van der Waals surface area contributed by atoms with E-state index in [0.29, 0.717) is 17.2 Å². The summed E-state index contributed by atoms with van der Waals surface area (Å²) in [4.78, 5) is 1.41. The van der Waals surface area contributed by atoms with E-state index in [9.17, 15) is 0 Å². The van der Waals surface area contributed by atoms with E-state index >= 15 is 0 Å². The van der Waals surface area contributed by atoms with Crippen molar-refractivity contribution < 1.29 is 4.74 Å². The largest absolute Gasteiger partial charge is 0.381 e. The number of nitrogens with two attached hydrogens (primary N) is 1. The third-order valence-electron chi connectivity index (χ3n) is 3.74. The van der Waals surface area contributed by atoms with Gasteiger partial charge in [0.15, 0.2) is 0 Å². The molecule has 3 unspecified atom stereocenters. The predicted octanol–water partition coefficient (Wildman–Crippen LogP) is 1.57. The molecule has 0 saturated carbocycles. The van der Waals surface area contributed by atoms with E-state index in [4.69, 9.17) is 10.6 Å². The van der Waals surface area contributed by atoms with E-state index < -0.39 is 0 Å². The Labute approximate surface area is 106 Å². The van der Waals surface area contributed by atoms with Gasteiger partial charge in [0, 0.05) is 28.7 Å². The Morgan fingerprint density at radius 3 is 3.00 bits per heavy atom. The normalized spacial score (nSPS) is 29.2. The van der Waals surface area contributed by atoms with Gasteiger partial charge in [0.2, 0.25) is 0 Å². The smallest absolute Gasteiger partial charge is 0.0510 e. The van der Waals surface area contributed by atoms with Crippen molar-refractivity contribution in [3.8, 4) is 0 Å². The fourth-order valence-corrected chi connectivity index (χ4v) is 4.29. The molecule has 1 saturated heterocycles. The third kappa shape index (κ3) is 2.22. The fourth-order valence-electron chi connectivity index (χ4n) is 2.79. The number of hydrogen-bond donors (Lipinski definition) is 2. The van der Waals surface area contributed by atoms with Crippen molar-refractivity contribution in [1.29, 1.82) is 0 Å². The number of fused-ring (bicyclic) bond motifs is 1. The van der Waals surface area contributed by atoms with Crippen LogP contribution in [0.2, 0.25) is 0 Å². The van der Waals surface area contributed by atoms with E-state index in [1.165, 1.54) is 10.5 Å². The average molecular weight is 250 g/mol. The van der Waals surface area contributed by atoms with Gasteiger partial charge in [0.1, 0.15) is 0 Å². The molecule has 2 heterocycles. The maximum Gasteiger partial charge on any atom is 0.0510 e. The van der Waals surface area contributed by atoms with E-state index in [0.717, 1.165) is 26.1 Å². The number of hydrogen-bond acceptors (Lipinski definition) is 4. The van der Waals surface area contributed by atoms with Crippen LogP contribution in [0.3, 0.4) is 0 Å².